The van der Waals surface area contributed by atoms with Crippen molar-refractivity contribution in [2.75, 3.05) is 12.8 Å². The molecule has 26 heavy (non-hydrogen) atoms. The molecule has 1 fully saturated rings. The number of amides is 1. The lowest BCUT2D eigenvalue weighted by Crippen LogP contribution is -2.47. The Morgan fingerprint density at radius 1 is 1.12 bits per heavy atom. The summed E-state index contributed by atoms with van der Waals surface area (Å²) in [5, 5.41) is 0. The predicted molar refractivity (Wildman–Crippen MR) is 103 cm³/mol. The van der Waals surface area contributed by atoms with Crippen LogP contribution in [-0.2, 0) is 21.2 Å². The van der Waals surface area contributed by atoms with E-state index in [-0.39, 0.29) is 18.0 Å². The Kier molecular flexibility index (Phi) is 5.44. The number of carbonyl (C=O) groups excluding carboxylic acids is 1. The van der Waals surface area contributed by atoms with Gasteiger partial charge in [0.15, 0.2) is 0 Å². The van der Waals surface area contributed by atoms with Crippen molar-refractivity contribution < 1.29 is 13.2 Å². The zero-order valence-electron chi connectivity index (χ0n) is 15.1. The van der Waals surface area contributed by atoms with Crippen LogP contribution in [0.2, 0.25) is 0 Å². The lowest BCUT2D eigenvalue weighted by molar-refractivity contribution is -0.129. The van der Waals surface area contributed by atoms with Gasteiger partial charge < -0.3 is 4.90 Å². The highest BCUT2D eigenvalue weighted by atomic mass is 32.2. The van der Waals surface area contributed by atoms with Gasteiger partial charge in [-0.15, -0.1) is 0 Å². The van der Waals surface area contributed by atoms with Gasteiger partial charge in [0, 0.05) is 19.5 Å². The van der Waals surface area contributed by atoms with Crippen molar-refractivity contribution in [3.8, 4) is 11.1 Å². The first kappa shape index (κ1) is 18.6. The van der Waals surface area contributed by atoms with Crippen molar-refractivity contribution in [1.82, 2.24) is 9.62 Å². The van der Waals surface area contributed by atoms with E-state index in [1.165, 1.54) is 6.92 Å². The van der Waals surface area contributed by atoms with Crippen molar-refractivity contribution >= 4 is 15.9 Å². The van der Waals surface area contributed by atoms with E-state index in [4.69, 9.17) is 0 Å². The van der Waals surface area contributed by atoms with Gasteiger partial charge in [-0.05, 0) is 29.5 Å². The van der Waals surface area contributed by atoms with Crippen LogP contribution >= 0.6 is 0 Å². The highest BCUT2D eigenvalue weighted by molar-refractivity contribution is 7.88. The molecule has 1 saturated heterocycles. The van der Waals surface area contributed by atoms with E-state index < -0.39 is 10.0 Å². The van der Waals surface area contributed by atoms with E-state index in [0.717, 1.165) is 22.9 Å². The van der Waals surface area contributed by atoms with Crippen LogP contribution in [0.4, 0.5) is 0 Å². The van der Waals surface area contributed by atoms with Gasteiger partial charge in [-0.2, -0.15) is 0 Å². The quantitative estimate of drug-likeness (QED) is 0.877. The van der Waals surface area contributed by atoms with E-state index in [9.17, 15) is 13.2 Å². The van der Waals surface area contributed by atoms with Crippen LogP contribution in [0.5, 0.6) is 0 Å². The van der Waals surface area contributed by atoms with Crippen LogP contribution in [0.1, 0.15) is 18.9 Å². The van der Waals surface area contributed by atoms with Crippen LogP contribution in [-0.4, -0.2) is 44.1 Å². The molecule has 0 saturated carbocycles. The van der Waals surface area contributed by atoms with Crippen LogP contribution in [0, 0.1) is 0 Å². The number of carbonyl (C=O) groups is 1. The summed E-state index contributed by atoms with van der Waals surface area (Å²) in [5.41, 5.74) is 3.34. The molecule has 2 aromatic rings. The van der Waals surface area contributed by atoms with Gasteiger partial charge in [0.2, 0.25) is 15.9 Å². The van der Waals surface area contributed by atoms with E-state index >= 15 is 0 Å². The monoisotopic (exact) mass is 372 g/mol. The third-order valence-electron chi connectivity index (χ3n) is 4.79. The van der Waals surface area contributed by atoms with Gasteiger partial charge in [0.05, 0.1) is 12.3 Å². The molecule has 2 atom stereocenters. The summed E-state index contributed by atoms with van der Waals surface area (Å²) in [6.07, 6.45) is 2.42. The van der Waals surface area contributed by atoms with E-state index in [1.54, 1.807) is 4.90 Å². The number of sulfonamides is 1. The lowest BCUT2D eigenvalue weighted by atomic mass is 9.97. The second-order valence-corrected chi connectivity index (χ2v) is 8.62. The molecule has 0 bridgehead atoms. The van der Waals surface area contributed by atoms with Crippen molar-refractivity contribution in [3.63, 3.8) is 0 Å². The molecule has 1 heterocycles. The maximum atomic E-state index is 12.0. The molecule has 3 rings (SSSR count). The zero-order valence-corrected chi connectivity index (χ0v) is 15.9. The second kappa shape index (κ2) is 7.60. The first-order chi connectivity index (χ1) is 12.3. The van der Waals surface area contributed by atoms with Crippen LogP contribution in [0.3, 0.4) is 0 Å². The van der Waals surface area contributed by atoms with E-state index in [2.05, 4.69) is 29.0 Å². The maximum absolute atomic E-state index is 12.0. The molecule has 0 spiro atoms. The molecule has 1 N–H and O–H groups in total. The molecule has 2 aromatic carbocycles. The highest BCUT2D eigenvalue weighted by Gasteiger charge is 2.37. The Labute approximate surface area is 155 Å². The SMILES string of the molecule is CC(=O)N1CCC(NS(C)(=O)=O)C1Cc1cccc(-c2ccccc2)c1. The summed E-state index contributed by atoms with van der Waals surface area (Å²) in [6, 6.07) is 17.9. The molecule has 0 aromatic heterocycles. The molecule has 0 radical (unpaired) electrons. The smallest absolute Gasteiger partial charge is 0.219 e. The highest BCUT2D eigenvalue weighted by Crippen LogP contribution is 2.25. The normalized spacial score (nSPS) is 20.3. The number of rotatable bonds is 5. The van der Waals surface area contributed by atoms with Crippen molar-refractivity contribution in [2.45, 2.75) is 31.8 Å². The molecular formula is C20H24N2O3S. The predicted octanol–water partition coefficient (Wildman–Crippen LogP) is 2.43. The summed E-state index contributed by atoms with van der Waals surface area (Å²) < 4.78 is 26.1. The summed E-state index contributed by atoms with van der Waals surface area (Å²) in [7, 11) is -3.32. The molecule has 1 aliphatic heterocycles. The Bertz CT molecular complexity index is 881. The summed E-state index contributed by atoms with van der Waals surface area (Å²) in [4.78, 5) is 13.8. The molecule has 138 valence electrons. The molecule has 0 aliphatic carbocycles. The Morgan fingerprint density at radius 3 is 2.46 bits per heavy atom. The number of likely N-dealkylation sites (tertiary alicyclic amines) is 1. The largest absolute Gasteiger partial charge is 0.338 e. The Hall–Kier alpha value is -2.18. The Morgan fingerprint density at radius 2 is 1.81 bits per heavy atom. The third-order valence-corrected chi connectivity index (χ3v) is 5.53. The first-order valence-electron chi connectivity index (χ1n) is 8.72. The van der Waals surface area contributed by atoms with Gasteiger partial charge in [-0.3, -0.25) is 4.79 Å². The molecule has 5 nitrogen and oxygen atoms in total. The number of hydrogen-bond acceptors (Lipinski definition) is 3. The number of benzene rings is 2. The van der Waals surface area contributed by atoms with Gasteiger partial charge in [0.1, 0.15) is 0 Å². The number of nitrogens with zero attached hydrogens (tertiary/aromatic N) is 1. The van der Waals surface area contributed by atoms with Gasteiger partial charge in [-0.1, -0.05) is 54.6 Å². The molecule has 6 heteroatoms. The zero-order chi connectivity index (χ0) is 18.7. The summed E-state index contributed by atoms with van der Waals surface area (Å²) in [5.74, 6) is -0.0213. The average molecular weight is 372 g/mol. The minimum Gasteiger partial charge on any atom is -0.338 e. The van der Waals surface area contributed by atoms with E-state index in [0.29, 0.717) is 19.4 Å². The van der Waals surface area contributed by atoms with Crippen LogP contribution in [0.15, 0.2) is 54.6 Å². The van der Waals surface area contributed by atoms with Crippen molar-refractivity contribution in [1.29, 1.82) is 0 Å². The maximum Gasteiger partial charge on any atom is 0.219 e. The fourth-order valence-corrected chi connectivity index (χ4v) is 4.48. The van der Waals surface area contributed by atoms with E-state index in [1.807, 2.05) is 30.3 Å². The standard InChI is InChI=1S/C20H24N2O3S/c1-15(23)22-12-11-19(21-26(2,24)25)20(22)14-16-7-6-10-18(13-16)17-8-4-3-5-9-17/h3-10,13,19-21H,11-12,14H2,1-2H3. The number of nitrogens with one attached hydrogen (secondary N) is 1. The second-order valence-electron chi connectivity index (χ2n) is 6.84. The van der Waals surface area contributed by atoms with Gasteiger partial charge in [-0.25, -0.2) is 13.1 Å². The minimum atomic E-state index is -3.32. The minimum absolute atomic E-state index is 0.0213. The molecular weight excluding hydrogens is 348 g/mol. The number of hydrogen-bond donors (Lipinski definition) is 1. The lowest BCUT2D eigenvalue weighted by Gasteiger charge is -2.28. The Balaban J connectivity index is 1.85. The summed E-state index contributed by atoms with van der Waals surface area (Å²) in [6.45, 7) is 2.11. The summed E-state index contributed by atoms with van der Waals surface area (Å²) >= 11 is 0. The first-order valence-corrected chi connectivity index (χ1v) is 10.6. The molecule has 1 amide bonds. The van der Waals surface area contributed by atoms with Gasteiger partial charge >= 0.3 is 0 Å². The van der Waals surface area contributed by atoms with Crippen molar-refractivity contribution in [3.05, 3.63) is 60.2 Å². The van der Waals surface area contributed by atoms with Crippen LogP contribution in [0.25, 0.3) is 11.1 Å². The topological polar surface area (TPSA) is 66.5 Å². The fraction of sp³-hybridized carbons (Fsp3) is 0.350. The van der Waals surface area contributed by atoms with Crippen molar-refractivity contribution in [2.24, 2.45) is 0 Å². The average Bonchev–Trinajstić information content (AvgIpc) is 2.97. The molecule has 1 aliphatic rings. The fourth-order valence-electron chi connectivity index (χ4n) is 3.66. The van der Waals surface area contributed by atoms with Gasteiger partial charge in [0.25, 0.3) is 0 Å². The molecule has 2 unspecified atom stereocenters. The third kappa shape index (κ3) is 4.51. The van der Waals surface area contributed by atoms with Crippen LogP contribution < -0.4 is 4.72 Å².